The number of fused-ring (bicyclic) bond motifs is 3. The molecule has 3 rings (SSSR count). The molecule has 0 aromatic heterocycles. The SMILES string of the molecule is COC(=O)CCC(=O)C(OC(C)=O)[C@@H]1CCCCC=CCCCC[C@H](C)C(=O)N2C[C@H]3[C@@H]([C@H]2C(=O)C1)C3(C)C. The van der Waals surface area contributed by atoms with E-state index in [1.807, 2.05) is 11.8 Å². The van der Waals surface area contributed by atoms with Gasteiger partial charge in [0, 0.05) is 38.1 Å². The van der Waals surface area contributed by atoms with Crippen LogP contribution in [-0.4, -0.2) is 60.1 Å². The summed E-state index contributed by atoms with van der Waals surface area (Å²) in [6.45, 7) is 8.12. The van der Waals surface area contributed by atoms with Crippen LogP contribution in [0.3, 0.4) is 0 Å². The van der Waals surface area contributed by atoms with Crippen molar-refractivity contribution < 1.29 is 33.4 Å². The second-order valence-electron chi connectivity index (χ2n) is 12.3. The molecule has 8 heteroatoms. The number of Topliss-reactive ketones (excluding diaryl/α,β-unsaturated/α-hetero) is 2. The first-order valence-electron chi connectivity index (χ1n) is 14.7. The Morgan fingerprint density at radius 2 is 1.67 bits per heavy atom. The first-order valence-corrected chi connectivity index (χ1v) is 14.7. The highest BCUT2D eigenvalue weighted by Crippen LogP contribution is 2.65. The Kier molecular flexibility index (Phi) is 10.9. The molecule has 0 radical (unpaired) electrons. The molecule has 0 N–H and O–H groups in total. The van der Waals surface area contributed by atoms with Crippen molar-refractivity contribution >= 4 is 29.4 Å². The van der Waals surface area contributed by atoms with E-state index < -0.39 is 30.0 Å². The molecule has 1 amide bonds. The molecule has 8 nitrogen and oxygen atoms in total. The summed E-state index contributed by atoms with van der Waals surface area (Å²) in [5.74, 6) is -1.77. The van der Waals surface area contributed by atoms with Gasteiger partial charge in [-0.05, 0) is 55.8 Å². The molecule has 2 fully saturated rings. The maximum absolute atomic E-state index is 14.0. The number of amides is 1. The van der Waals surface area contributed by atoms with Gasteiger partial charge in [0.1, 0.15) is 0 Å². The molecular weight excluding hydrogens is 498 g/mol. The van der Waals surface area contributed by atoms with Gasteiger partial charge in [0.25, 0.3) is 0 Å². The minimum atomic E-state index is -1.11. The number of piperidine rings is 1. The number of ketones is 2. The molecule has 2 heterocycles. The highest BCUT2D eigenvalue weighted by Gasteiger charge is 2.69. The van der Waals surface area contributed by atoms with Gasteiger partial charge in [-0.15, -0.1) is 0 Å². The van der Waals surface area contributed by atoms with Gasteiger partial charge in [0.15, 0.2) is 17.7 Å². The molecule has 0 spiro atoms. The number of allylic oxidation sites excluding steroid dienone is 2. The minimum absolute atomic E-state index is 0.00805. The van der Waals surface area contributed by atoms with Crippen molar-refractivity contribution in [1.29, 1.82) is 0 Å². The molecule has 39 heavy (non-hydrogen) atoms. The lowest BCUT2D eigenvalue weighted by atomic mass is 9.84. The molecular formula is C31H47NO7. The molecule has 0 aromatic carbocycles. The molecule has 0 bridgehead atoms. The van der Waals surface area contributed by atoms with E-state index in [0.717, 1.165) is 44.9 Å². The number of nitrogens with zero attached hydrogens (tertiary/aromatic N) is 1. The summed E-state index contributed by atoms with van der Waals surface area (Å²) in [6.07, 6.45) is 9.97. The lowest BCUT2D eigenvalue weighted by Crippen LogP contribution is -2.48. The van der Waals surface area contributed by atoms with E-state index >= 15 is 0 Å². The van der Waals surface area contributed by atoms with Crippen LogP contribution in [0.1, 0.15) is 98.3 Å². The Bertz CT molecular complexity index is 955. The van der Waals surface area contributed by atoms with Crippen LogP contribution in [0.15, 0.2) is 12.2 Å². The Hall–Kier alpha value is -2.51. The van der Waals surface area contributed by atoms with Crippen LogP contribution in [0.2, 0.25) is 0 Å². The first kappa shape index (κ1) is 31.0. The van der Waals surface area contributed by atoms with E-state index in [9.17, 15) is 24.0 Å². The van der Waals surface area contributed by atoms with E-state index in [1.165, 1.54) is 14.0 Å². The van der Waals surface area contributed by atoms with Gasteiger partial charge >= 0.3 is 11.9 Å². The number of carbonyl (C=O) groups is 5. The highest BCUT2D eigenvalue weighted by atomic mass is 16.5. The Morgan fingerprint density at radius 1 is 1.03 bits per heavy atom. The summed E-state index contributed by atoms with van der Waals surface area (Å²) in [5, 5.41) is 0. The first-order chi connectivity index (χ1) is 18.5. The second kappa shape index (κ2) is 13.7. The number of ether oxygens (including phenoxy) is 2. The highest BCUT2D eigenvalue weighted by molar-refractivity contribution is 5.93. The fraction of sp³-hybridized carbons (Fsp3) is 0.774. The number of hydrogen-bond acceptors (Lipinski definition) is 7. The van der Waals surface area contributed by atoms with Gasteiger partial charge in [0.2, 0.25) is 5.91 Å². The maximum Gasteiger partial charge on any atom is 0.305 e. The fourth-order valence-electron chi connectivity index (χ4n) is 6.72. The Labute approximate surface area is 233 Å². The van der Waals surface area contributed by atoms with Crippen LogP contribution >= 0.6 is 0 Å². The standard InChI is InChI=1S/C31H47NO7/c1-20-14-12-10-8-6-7-9-11-13-15-22(29(39-21(2)33)24(34)16-17-26(36)38-5)18-25(35)28-27-23(31(27,3)4)19-32(28)30(20)37/h6-7,20,22-23,27-29H,8-19H2,1-5H3/t20-,22+,23-,27-,28+,29?/m0/s1. The average Bonchev–Trinajstić information content (AvgIpc) is 3.22. The summed E-state index contributed by atoms with van der Waals surface area (Å²) < 4.78 is 10.2. The Morgan fingerprint density at radius 3 is 2.28 bits per heavy atom. The number of rotatable bonds is 6. The average molecular weight is 546 g/mol. The monoisotopic (exact) mass is 545 g/mol. The quantitative estimate of drug-likeness (QED) is 0.348. The smallest absolute Gasteiger partial charge is 0.305 e. The summed E-state index contributed by atoms with van der Waals surface area (Å²) >= 11 is 0. The zero-order valence-electron chi connectivity index (χ0n) is 24.4. The van der Waals surface area contributed by atoms with Gasteiger partial charge < -0.3 is 14.4 Å². The van der Waals surface area contributed by atoms with Crippen molar-refractivity contribution in [3.05, 3.63) is 12.2 Å². The van der Waals surface area contributed by atoms with Crippen LogP contribution in [0, 0.1) is 29.1 Å². The van der Waals surface area contributed by atoms with Gasteiger partial charge in [-0.2, -0.15) is 0 Å². The lowest BCUT2D eigenvalue weighted by molar-refractivity contribution is -0.158. The predicted molar refractivity (Wildman–Crippen MR) is 146 cm³/mol. The zero-order valence-corrected chi connectivity index (χ0v) is 24.4. The summed E-state index contributed by atoms with van der Waals surface area (Å²) in [4.78, 5) is 66.3. The van der Waals surface area contributed by atoms with Crippen LogP contribution in [0.5, 0.6) is 0 Å². The summed E-state index contributed by atoms with van der Waals surface area (Å²) in [6, 6.07) is -0.511. The molecule has 6 atom stereocenters. The molecule has 0 aromatic rings. The number of esters is 2. The molecule has 1 saturated heterocycles. The number of hydrogen-bond donors (Lipinski definition) is 0. The lowest BCUT2D eigenvalue weighted by Gasteiger charge is -2.33. The molecule has 218 valence electrons. The van der Waals surface area contributed by atoms with Crippen molar-refractivity contribution in [2.45, 2.75) is 110 Å². The molecule has 1 saturated carbocycles. The van der Waals surface area contributed by atoms with Crippen LogP contribution in [0.25, 0.3) is 0 Å². The van der Waals surface area contributed by atoms with Crippen LogP contribution in [0.4, 0.5) is 0 Å². The third-order valence-electron chi connectivity index (χ3n) is 9.17. The molecule has 3 aliphatic rings. The summed E-state index contributed by atoms with van der Waals surface area (Å²) in [5.41, 5.74) is -0.00805. The largest absolute Gasteiger partial charge is 0.469 e. The van der Waals surface area contributed by atoms with Crippen molar-refractivity contribution in [1.82, 2.24) is 4.90 Å². The van der Waals surface area contributed by atoms with E-state index in [-0.39, 0.29) is 54.0 Å². The fourth-order valence-corrected chi connectivity index (χ4v) is 6.72. The molecule has 2 aliphatic heterocycles. The Balaban J connectivity index is 1.88. The van der Waals surface area contributed by atoms with Crippen molar-refractivity contribution in [3.63, 3.8) is 0 Å². The molecule has 1 unspecified atom stereocenters. The topological polar surface area (TPSA) is 107 Å². The van der Waals surface area contributed by atoms with Gasteiger partial charge in [-0.3, -0.25) is 24.0 Å². The van der Waals surface area contributed by atoms with Crippen LogP contribution < -0.4 is 0 Å². The predicted octanol–water partition coefficient (Wildman–Crippen LogP) is 4.83. The van der Waals surface area contributed by atoms with Crippen molar-refractivity contribution in [2.24, 2.45) is 29.1 Å². The summed E-state index contributed by atoms with van der Waals surface area (Å²) in [7, 11) is 1.26. The van der Waals surface area contributed by atoms with E-state index in [1.54, 1.807) is 0 Å². The zero-order chi connectivity index (χ0) is 28.7. The molecule has 1 aliphatic carbocycles. The van der Waals surface area contributed by atoms with Gasteiger partial charge in [-0.25, -0.2) is 0 Å². The van der Waals surface area contributed by atoms with Crippen molar-refractivity contribution in [2.75, 3.05) is 13.7 Å². The van der Waals surface area contributed by atoms with E-state index in [2.05, 4.69) is 30.7 Å². The third kappa shape index (κ3) is 7.79. The van der Waals surface area contributed by atoms with E-state index in [0.29, 0.717) is 18.9 Å². The normalized spacial score (nSPS) is 30.5. The van der Waals surface area contributed by atoms with Crippen molar-refractivity contribution in [3.8, 4) is 0 Å². The van der Waals surface area contributed by atoms with Gasteiger partial charge in [-0.1, -0.05) is 45.8 Å². The van der Waals surface area contributed by atoms with E-state index in [4.69, 9.17) is 4.74 Å². The maximum atomic E-state index is 14.0. The number of carbonyl (C=O) groups excluding carboxylic acids is 5. The van der Waals surface area contributed by atoms with Crippen LogP contribution in [-0.2, 0) is 33.4 Å². The van der Waals surface area contributed by atoms with Gasteiger partial charge in [0.05, 0.1) is 19.6 Å². The minimum Gasteiger partial charge on any atom is -0.469 e. The second-order valence-corrected chi connectivity index (χ2v) is 12.3. The number of methoxy groups -OCH3 is 1. The third-order valence-corrected chi connectivity index (χ3v) is 9.17.